The number of pyridine rings is 1. The van der Waals surface area contributed by atoms with E-state index in [1.165, 1.54) is 0 Å². The number of nitrogens with one attached hydrogen (secondary N) is 1. The zero-order valence-corrected chi connectivity index (χ0v) is 12.9. The predicted octanol–water partition coefficient (Wildman–Crippen LogP) is 2.77. The van der Waals surface area contributed by atoms with Crippen LogP contribution in [0.5, 0.6) is 0 Å². The van der Waals surface area contributed by atoms with E-state index < -0.39 is 0 Å². The standard InChI is InChI=1S/C18H14N6/c19-8-12-1-3-13(4-2-12)15-7-16-18(21-9-15)23-17(22-16)14-5-6-24(10-14)11-20/h1-4,7,9,14H,5-6,10H2,(H,21,22,23)/t14-/m0/s1. The highest BCUT2D eigenvalue weighted by Crippen LogP contribution is 2.27. The van der Waals surface area contributed by atoms with Gasteiger partial charge in [-0.1, -0.05) is 12.1 Å². The quantitative estimate of drug-likeness (QED) is 0.734. The summed E-state index contributed by atoms with van der Waals surface area (Å²) >= 11 is 0. The number of imidazole rings is 1. The first-order valence-corrected chi connectivity index (χ1v) is 7.77. The number of hydrogen-bond donors (Lipinski definition) is 1. The molecule has 0 saturated carbocycles. The van der Waals surface area contributed by atoms with Crippen molar-refractivity contribution in [2.45, 2.75) is 12.3 Å². The van der Waals surface area contributed by atoms with Gasteiger partial charge in [0.15, 0.2) is 11.8 Å². The lowest BCUT2D eigenvalue weighted by Crippen LogP contribution is -2.13. The van der Waals surface area contributed by atoms with Gasteiger partial charge in [-0.3, -0.25) is 0 Å². The molecule has 1 N–H and O–H groups in total. The fourth-order valence-electron chi connectivity index (χ4n) is 3.08. The second-order valence-electron chi connectivity index (χ2n) is 5.94. The van der Waals surface area contributed by atoms with Gasteiger partial charge >= 0.3 is 0 Å². The highest BCUT2D eigenvalue weighted by atomic mass is 15.1. The smallest absolute Gasteiger partial charge is 0.179 e. The number of likely N-dealkylation sites (tertiary alicyclic amines) is 1. The topological polar surface area (TPSA) is 92.4 Å². The third-order valence-corrected chi connectivity index (χ3v) is 4.42. The molecule has 24 heavy (non-hydrogen) atoms. The minimum absolute atomic E-state index is 0.247. The van der Waals surface area contributed by atoms with E-state index in [0.717, 1.165) is 35.4 Å². The number of fused-ring (bicyclic) bond motifs is 1. The maximum absolute atomic E-state index is 8.98. The van der Waals surface area contributed by atoms with Crippen LogP contribution in [0.1, 0.15) is 23.7 Å². The van der Waals surface area contributed by atoms with Crippen LogP contribution in [0.25, 0.3) is 22.3 Å². The van der Waals surface area contributed by atoms with E-state index in [1.807, 2.05) is 18.2 Å². The van der Waals surface area contributed by atoms with Crippen LogP contribution in [-0.2, 0) is 0 Å². The number of aromatic nitrogens is 3. The molecule has 3 aromatic rings. The highest BCUT2D eigenvalue weighted by Gasteiger charge is 2.25. The van der Waals surface area contributed by atoms with E-state index in [1.54, 1.807) is 23.2 Å². The first kappa shape index (κ1) is 14.2. The third-order valence-electron chi connectivity index (χ3n) is 4.42. The Morgan fingerprint density at radius 1 is 1.17 bits per heavy atom. The maximum Gasteiger partial charge on any atom is 0.179 e. The zero-order valence-electron chi connectivity index (χ0n) is 12.9. The van der Waals surface area contributed by atoms with Gasteiger partial charge < -0.3 is 9.88 Å². The molecule has 3 heterocycles. The number of nitriles is 2. The van der Waals surface area contributed by atoms with Crippen molar-refractivity contribution in [1.29, 1.82) is 10.5 Å². The molecular weight excluding hydrogens is 300 g/mol. The molecule has 4 rings (SSSR count). The normalized spacial score (nSPS) is 16.9. The van der Waals surface area contributed by atoms with Crippen molar-refractivity contribution in [2.24, 2.45) is 0 Å². The molecule has 116 valence electrons. The van der Waals surface area contributed by atoms with Crippen LogP contribution < -0.4 is 0 Å². The Labute approximate surface area is 139 Å². The van der Waals surface area contributed by atoms with Crippen molar-refractivity contribution in [3.63, 3.8) is 0 Å². The van der Waals surface area contributed by atoms with Crippen molar-refractivity contribution >= 4 is 11.2 Å². The molecule has 0 spiro atoms. The van der Waals surface area contributed by atoms with Gasteiger partial charge in [-0.15, -0.1) is 0 Å². The molecule has 0 unspecified atom stereocenters. The minimum atomic E-state index is 0.247. The molecular formula is C18H14N6. The van der Waals surface area contributed by atoms with E-state index in [2.05, 4.69) is 27.2 Å². The lowest BCUT2D eigenvalue weighted by Gasteiger charge is -2.05. The zero-order chi connectivity index (χ0) is 16.5. The Hall–Kier alpha value is -3.38. The summed E-state index contributed by atoms with van der Waals surface area (Å²) in [5.74, 6) is 1.14. The van der Waals surface area contributed by atoms with Gasteiger partial charge in [0.2, 0.25) is 0 Å². The monoisotopic (exact) mass is 314 g/mol. The summed E-state index contributed by atoms with van der Waals surface area (Å²) in [6, 6.07) is 11.6. The molecule has 6 nitrogen and oxygen atoms in total. The van der Waals surface area contributed by atoms with Crippen molar-refractivity contribution < 1.29 is 0 Å². The van der Waals surface area contributed by atoms with Crippen molar-refractivity contribution in [2.75, 3.05) is 13.1 Å². The highest BCUT2D eigenvalue weighted by molar-refractivity contribution is 5.78. The molecule has 2 aromatic heterocycles. The Balaban J connectivity index is 1.66. The van der Waals surface area contributed by atoms with Crippen LogP contribution >= 0.6 is 0 Å². The molecule has 0 amide bonds. The first-order chi connectivity index (χ1) is 11.8. The minimum Gasteiger partial charge on any atom is -0.340 e. The Kier molecular flexibility index (Phi) is 3.36. The average Bonchev–Trinajstić information content (AvgIpc) is 3.27. The van der Waals surface area contributed by atoms with Gasteiger partial charge in [-0.05, 0) is 30.2 Å². The Bertz CT molecular complexity index is 973. The summed E-state index contributed by atoms with van der Waals surface area (Å²) < 4.78 is 0. The molecule has 0 bridgehead atoms. The SMILES string of the molecule is N#Cc1ccc(-c2cnc3nc([C@H]4CCN(C#N)C4)[nH]c3c2)cc1. The summed E-state index contributed by atoms with van der Waals surface area (Å²) in [7, 11) is 0. The van der Waals surface area contributed by atoms with E-state index in [9.17, 15) is 0 Å². The second-order valence-corrected chi connectivity index (χ2v) is 5.94. The molecule has 1 fully saturated rings. The lowest BCUT2D eigenvalue weighted by molar-refractivity contribution is 0.477. The largest absolute Gasteiger partial charge is 0.340 e. The van der Waals surface area contributed by atoms with Crippen LogP contribution in [-0.4, -0.2) is 32.9 Å². The summed E-state index contributed by atoms with van der Waals surface area (Å²) in [4.78, 5) is 14.1. The van der Waals surface area contributed by atoms with Crippen LogP contribution in [0.15, 0.2) is 36.5 Å². The summed E-state index contributed by atoms with van der Waals surface area (Å²) in [6.45, 7) is 1.49. The average molecular weight is 314 g/mol. The summed E-state index contributed by atoms with van der Waals surface area (Å²) in [5.41, 5.74) is 4.21. The van der Waals surface area contributed by atoms with E-state index in [-0.39, 0.29) is 5.92 Å². The van der Waals surface area contributed by atoms with Gasteiger partial charge in [0.1, 0.15) is 5.82 Å². The fraction of sp³-hybridized carbons (Fsp3) is 0.222. The van der Waals surface area contributed by atoms with Gasteiger partial charge in [-0.2, -0.15) is 10.5 Å². The van der Waals surface area contributed by atoms with Gasteiger partial charge in [0, 0.05) is 30.8 Å². The van der Waals surface area contributed by atoms with Crippen molar-refractivity contribution in [1.82, 2.24) is 19.9 Å². The van der Waals surface area contributed by atoms with E-state index in [0.29, 0.717) is 17.8 Å². The van der Waals surface area contributed by atoms with Crippen molar-refractivity contribution in [3.05, 3.63) is 47.9 Å². The molecule has 1 atom stereocenters. The lowest BCUT2D eigenvalue weighted by atomic mass is 10.1. The van der Waals surface area contributed by atoms with E-state index >= 15 is 0 Å². The van der Waals surface area contributed by atoms with E-state index in [4.69, 9.17) is 10.5 Å². The van der Waals surface area contributed by atoms with Crippen LogP contribution in [0.2, 0.25) is 0 Å². The number of H-pyrrole nitrogens is 1. The molecule has 1 aliphatic heterocycles. The number of hydrogen-bond acceptors (Lipinski definition) is 5. The fourth-order valence-corrected chi connectivity index (χ4v) is 3.08. The summed E-state index contributed by atoms with van der Waals surface area (Å²) in [5, 5.41) is 17.9. The van der Waals surface area contributed by atoms with Gasteiger partial charge in [0.25, 0.3) is 0 Å². The number of benzene rings is 1. The molecule has 0 radical (unpaired) electrons. The summed E-state index contributed by atoms with van der Waals surface area (Å²) in [6.07, 6.45) is 4.91. The molecule has 1 aliphatic rings. The predicted molar refractivity (Wildman–Crippen MR) is 88.6 cm³/mol. The number of aromatic amines is 1. The van der Waals surface area contributed by atoms with Crippen LogP contribution in [0.3, 0.4) is 0 Å². The first-order valence-electron chi connectivity index (χ1n) is 7.77. The third kappa shape index (κ3) is 2.45. The number of rotatable bonds is 2. The Morgan fingerprint density at radius 2 is 2.00 bits per heavy atom. The molecule has 6 heteroatoms. The molecule has 0 aliphatic carbocycles. The van der Waals surface area contributed by atoms with Crippen LogP contribution in [0.4, 0.5) is 0 Å². The number of nitrogens with zero attached hydrogens (tertiary/aromatic N) is 5. The molecule has 1 aromatic carbocycles. The van der Waals surface area contributed by atoms with Gasteiger partial charge in [0.05, 0.1) is 17.1 Å². The Morgan fingerprint density at radius 3 is 2.71 bits per heavy atom. The van der Waals surface area contributed by atoms with Crippen LogP contribution in [0, 0.1) is 22.8 Å². The van der Waals surface area contributed by atoms with Gasteiger partial charge in [-0.25, -0.2) is 9.97 Å². The maximum atomic E-state index is 8.98. The van der Waals surface area contributed by atoms with Crippen molar-refractivity contribution in [3.8, 4) is 23.4 Å². The molecule has 1 saturated heterocycles. The second kappa shape index (κ2) is 5.68.